The standard InChI is InChI=1S/C22H50N6.4H2O/c1-23(25-19-13-15-21(25)27(3,4)5)17-11-9-10-12-18-24(2)26-20-14-16-22(26)28(6,7)8;;;;/h21-22H,9-20H2,1-8H3;4*1H2/q+2;;;;/p-2. The summed E-state index contributed by atoms with van der Waals surface area (Å²) in [6, 6.07) is 0. The Morgan fingerprint density at radius 1 is 0.594 bits per heavy atom. The van der Waals surface area contributed by atoms with Gasteiger partial charge in [-0.3, -0.25) is 10.0 Å². The summed E-state index contributed by atoms with van der Waals surface area (Å²) in [5.74, 6) is 0. The van der Waals surface area contributed by atoms with Crippen LogP contribution in [-0.2, 0) is 0 Å². The van der Waals surface area contributed by atoms with Gasteiger partial charge in [0, 0.05) is 12.8 Å². The van der Waals surface area contributed by atoms with Gasteiger partial charge >= 0.3 is 0 Å². The van der Waals surface area contributed by atoms with Gasteiger partial charge in [-0.25, -0.2) is 0 Å². The van der Waals surface area contributed by atoms with E-state index in [2.05, 4.69) is 66.4 Å². The molecule has 0 aromatic carbocycles. The van der Waals surface area contributed by atoms with Crippen molar-refractivity contribution >= 4 is 0 Å². The van der Waals surface area contributed by atoms with E-state index in [0.717, 1.165) is 8.97 Å². The van der Waals surface area contributed by atoms with Gasteiger partial charge in [0.25, 0.3) is 0 Å². The van der Waals surface area contributed by atoms with Crippen LogP contribution in [0.2, 0.25) is 0 Å². The third-order valence-electron chi connectivity index (χ3n) is 7.04. The lowest BCUT2D eigenvalue weighted by Crippen LogP contribution is -3.16. The molecule has 0 aromatic rings. The molecule has 0 aliphatic carbocycles. The molecule has 198 valence electrons. The lowest BCUT2D eigenvalue weighted by Gasteiger charge is -2.38. The number of nitrogens with one attached hydrogen (secondary N) is 2. The zero-order chi connectivity index (χ0) is 20.9. The Hall–Kier alpha value is -0.400. The van der Waals surface area contributed by atoms with Crippen molar-refractivity contribution in [1.29, 1.82) is 0 Å². The monoisotopic (exact) mass is 468 g/mol. The minimum Gasteiger partial charge on any atom is -0.870 e. The molecule has 0 radical (unpaired) electrons. The molecule has 0 saturated carbocycles. The second-order valence-corrected chi connectivity index (χ2v) is 11.2. The molecular weight excluding hydrogens is 412 g/mol. The van der Waals surface area contributed by atoms with E-state index in [-0.39, 0.29) is 21.9 Å². The third-order valence-corrected chi connectivity index (χ3v) is 7.04. The number of hydrogen-bond donors (Lipinski definition) is 2. The van der Waals surface area contributed by atoms with Crippen LogP contribution in [0, 0.1) is 0 Å². The molecule has 0 spiro atoms. The van der Waals surface area contributed by atoms with E-state index in [1.807, 2.05) is 0 Å². The van der Waals surface area contributed by atoms with E-state index >= 15 is 0 Å². The van der Waals surface area contributed by atoms with E-state index in [0.29, 0.717) is 12.3 Å². The molecular formula is C22H56N6O4. The summed E-state index contributed by atoms with van der Waals surface area (Å²) in [7, 11) is 18.8. The molecule has 0 amide bonds. The number of unbranched alkanes of at least 4 members (excludes halogenated alkanes) is 3. The van der Waals surface area contributed by atoms with E-state index in [1.165, 1.54) is 77.5 Å². The molecule has 2 saturated heterocycles. The zero-order valence-electron chi connectivity index (χ0n) is 22.2. The maximum Gasteiger partial charge on any atom is 0.187 e. The highest BCUT2D eigenvalue weighted by Crippen LogP contribution is 2.20. The highest BCUT2D eigenvalue weighted by Gasteiger charge is 2.40. The predicted molar refractivity (Wildman–Crippen MR) is 125 cm³/mol. The molecule has 10 heteroatoms. The summed E-state index contributed by atoms with van der Waals surface area (Å²) in [5.41, 5.74) is 0. The van der Waals surface area contributed by atoms with Crippen molar-refractivity contribution in [2.75, 3.05) is 82.6 Å². The molecule has 6 N–H and O–H groups in total. The summed E-state index contributed by atoms with van der Waals surface area (Å²) in [4.78, 5) is 0. The van der Waals surface area contributed by atoms with Crippen molar-refractivity contribution < 1.29 is 40.9 Å². The lowest BCUT2D eigenvalue weighted by atomic mass is 10.2. The van der Waals surface area contributed by atoms with Crippen molar-refractivity contribution in [2.24, 2.45) is 0 Å². The fourth-order valence-corrected chi connectivity index (χ4v) is 5.40. The van der Waals surface area contributed by atoms with Crippen LogP contribution in [0.3, 0.4) is 0 Å². The van der Waals surface area contributed by atoms with Crippen molar-refractivity contribution in [3.63, 3.8) is 0 Å². The van der Waals surface area contributed by atoms with Gasteiger partial charge < -0.3 is 30.9 Å². The van der Waals surface area contributed by atoms with Gasteiger partial charge in [0.2, 0.25) is 0 Å². The van der Waals surface area contributed by atoms with Gasteiger partial charge in [-0.1, -0.05) is 10.0 Å². The first-order chi connectivity index (χ1) is 13.0. The first-order valence-corrected chi connectivity index (χ1v) is 11.8. The average Bonchev–Trinajstić information content (AvgIpc) is 3.25. The Morgan fingerprint density at radius 2 is 0.906 bits per heavy atom. The minimum absolute atomic E-state index is 0. The topological polar surface area (TPSA) is 135 Å². The molecule has 10 nitrogen and oxygen atoms in total. The fraction of sp³-hybridized carbons (Fsp3) is 1.00. The third kappa shape index (κ3) is 10.3. The maximum absolute atomic E-state index is 2.70. The van der Waals surface area contributed by atoms with Crippen LogP contribution in [0.1, 0.15) is 51.4 Å². The number of quaternary nitrogens is 4. The summed E-state index contributed by atoms with van der Waals surface area (Å²) in [5, 5.41) is 8.66. The molecule has 4 unspecified atom stereocenters. The summed E-state index contributed by atoms with van der Waals surface area (Å²) >= 11 is 0. The molecule has 4 atom stereocenters. The first kappa shape index (κ1) is 36.2. The molecule has 2 aliphatic heterocycles. The second kappa shape index (κ2) is 15.5. The highest BCUT2D eigenvalue weighted by molar-refractivity contribution is 4.65. The molecule has 2 aliphatic rings. The number of nitrogens with zero attached hydrogens (tertiary/aromatic N) is 4. The van der Waals surface area contributed by atoms with Crippen molar-refractivity contribution in [1.82, 2.24) is 10.0 Å². The summed E-state index contributed by atoms with van der Waals surface area (Å²) in [6.45, 7) is 5.11. The van der Waals surface area contributed by atoms with Crippen LogP contribution in [-0.4, -0.2) is 136 Å². The Kier molecular flexibility index (Phi) is 17.5. The summed E-state index contributed by atoms with van der Waals surface area (Å²) in [6.07, 6.45) is 12.3. The SMILES string of the molecule is C[NH+](CCCCCC[NH+](C)N1CCCC1[N+](C)(C)C)N1CCCC1[N+](C)(C)C.[OH-].[OH-].[OH-].[OH-]. The average molecular weight is 469 g/mol. The lowest BCUT2D eigenvalue weighted by molar-refractivity contribution is -1.05. The largest absolute Gasteiger partial charge is 0.870 e. The molecule has 0 bridgehead atoms. The van der Waals surface area contributed by atoms with E-state index in [9.17, 15) is 0 Å². The smallest absolute Gasteiger partial charge is 0.187 e. The highest BCUT2D eigenvalue weighted by atomic mass is 16.0. The Bertz CT molecular complexity index is 430. The van der Waals surface area contributed by atoms with Crippen molar-refractivity contribution in [3.05, 3.63) is 0 Å². The van der Waals surface area contributed by atoms with Crippen LogP contribution in [0.4, 0.5) is 0 Å². The molecule has 32 heavy (non-hydrogen) atoms. The fourth-order valence-electron chi connectivity index (χ4n) is 5.40. The molecule has 2 fully saturated rings. The van der Waals surface area contributed by atoms with Crippen LogP contribution >= 0.6 is 0 Å². The second-order valence-electron chi connectivity index (χ2n) is 11.2. The molecule has 2 heterocycles. The van der Waals surface area contributed by atoms with Crippen LogP contribution in [0.15, 0.2) is 0 Å². The van der Waals surface area contributed by atoms with Crippen molar-refractivity contribution in [3.8, 4) is 0 Å². The summed E-state index contributed by atoms with van der Waals surface area (Å²) < 4.78 is 2.13. The normalized spacial score (nSPS) is 24.0. The Morgan fingerprint density at radius 3 is 1.19 bits per heavy atom. The van der Waals surface area contributed by atoms with Gasteiger partial charge in [0.1, 0.15) is 0 Å². The predicted octanol–water partition coefficient (Wildman–Crippen LogP) is -1.04. The van der Waals surface area contributed by atoms with E-state index in [1.54, 1.807) is 10.0 Å². The van der Waals surface area contributed by atoms with Gasteiger partial charge in [0.05, 0.1) is 82.6 Å². The van der Waals surface area contributed by atoms with Crippen LogP contribution < -0.4 is 10.0 Å². The van der Waals surface area contributed by atoms with Gasteiger partial charge in [0.15, 0.2) is 12.3 Å². The minimum atomic E-state index is 0. The quantitative estimate of drug-likeness (QED) is 0.294. The number of rotatable bonds is 11. The van der Waals surface area contributed by atoms with Gasteiger partial charge in [-0.05, 0) is 38.5 Å². The first-order valence-electron chi connectivity index (χ1n) is 11.8. The van der Waals surface area contributed by atoms with Crippen LogP contribution in [0.25, 0.3) is 0 Å². The van der Waals surface area contributed by atoms with Crippen LogP contribution in [0.5, 0.6) is 0 Å². The van der Waals surface area contributed by atoms with E-state index in [4.69, 9.17) is 0 Å². The van der Waals surface area contributed by atoms with Crippen molar-refractivity contribution in [2.45, 2.75) is 63.7 Å². The van der Waals surface area contributed by atoms with Gasteiger partial charge in [-0.15, -0.1) is 0 Å². The maximum atomic E-state index is 2.70. The Balaban J connectivity index is -0.00000210. The number of hydrogen-bond acceptors (Lipinski definition) is 6. The molecule has 2 rings (SSSR count). The van der Waals surface area contributed by atoms with E-state index < -0.39 is 0 Å². The molecule has 0 aromatic heterocycles. The Labute approximate surface area is 197 Å². The van der Waals surface area contributed by atoms with Gasteiger partial charge in [-0.2, -0.15) is 0 Å². The zero-order valence-corrected chi connectivity index (χ0v) is 22.2.